The molecular weight excluding hydrogens is 322 g/mol. The van der Waals surface area contributed by atoms with Crippen LogP contribution in [0.4, 0.5) is 24.7 Å². The van der Waals surface area contributed by atoms with Gasteiger partial charge in [-0.3, -0.25) is 9.63 Å². The fourth-order valence-corrected chi connectivity index (χ4v) is 1.93. The molecule has 0 aliphatic heterocycles. The number of rotatable bonds is 5. The number of pyridine rings is 1. The Morgan fingerprint density at radius 1 is 1.29 bits per heavy atom. The predicted molar refractivity (Wildman–Crippen MR) is 83.1 cm³/mol. The summed E-state index contributed by atoms with van der Waals surface area (Å²) in [5.74, 6) is -5.56. The molecule has 1 heterocycles. The summed E-state index contributed by atoms with van der Waals surface area (Å²) in [5.41, 5.74) is 1.86. The Balaban J connectivity index is 2.50. The number of hydroxylamine groups is 1. The number of nitrogens with zero attached hydrogens (tertiary/aromatic N) is 1. The molecule has 24 heavy (non-hydrogen) atoms. The molecule has 5 nitrogen and oxygen atoms in total. The minimum atomic E-state index is -1.71. The van der Waals surface area contributed by atoms with Crippen LogP contribution < -0.4 is 16.3 Å². The molecule has 0 bridgehead atoms. The first-order valence-corrected chi connectivity index (χ1v) is 6.93. The molecule has 2 N–H and O–H groups in total. The zero-order chi connectivity index (χ0) is 17.9. The van der Waals surface area contributed by atoms with Gasteiger partial charge in [-0.05, 0) is 25.5 Å². The lowest BCUT2D eigenvalue weighted by Crippen LogP contribution is -2.25. The summed E-state index contributed by atoms with van der Waals surface area (Å²) in [7, 11) is 5.57. The van der Waals surface area contributed by atoms with E-state index in [2.05, 4.69) is 10.3 Å². The van der Waals surface area contributed by atoms with Crippen molar-refractivity contribution in [3.05, 3.63) is 46.9 Å². The number of halogens is 3. The van der Waals surface area contributed by atoms with Crippen LogP contribution in [0.1, 0.15) is 22.8 Å². The zero-order valence-corrected chi connectivity index (χ0v) is 12.9. The number of hydrogen-bond donors (Lipinski definition) is 2. The van der Waals surface area contributed by atoms with Gasteiger partial charge in [0, 0.05) is 6.20 Å². The molecule has 0 atom stereocenters. The minimum Gasteiger partial charge on any atom is -0.337 e. The Morgan fingerprint density at radius 2 is 2.00 bits per heavy atom. The van der Waals surface area contributed by atoms with E-state index in [1.165, 1.54) is 6.20 Å². The van der Waals surface area contributed by atoms with Crippen LogP contribution in [0.5, 0.6) is 0 Å². The van der Waals surface area contributed by atoms with Gasteiger partial charge in [0.1, 0.15) is 13.7 Å². The molecule has 1 amide bonds. The third-order valence-electron chi connectivity index (χ3n) is 3.06. The molecule has 0 spiro atoms. The van der Waals surface area contributed by atoms with E-state index >= 15 is 0 Å². The highest BCUT2D eigenvalue weighted by Crippen LogP contribution is 2.28. The van der Waals surface area contributed by atoms with Gasteiger partial charge in [0.2, 0.25) is 0 Å². The van der Waals surface area contributed by atoms with Gasteiger partial charge >= 0.3 is 0 Å². The van der Waals surface area contributed by atoms with Crippen molar-refractivity contribution >= 4 is 30.7 Å². The molecule has 0 aliphatic rings. The first kappa shape index (κ1) is 17.8. The van der Waals surface area contributed by atoms with Crippen LogP contribution >= 0.6 is 0 Å². The van der Waals surface area contributed by atoms with Gasteiger partial charge in [-0.2, -0.15) is 0 Å². The van der Waals surface area contributed by atoms with E-state index in [-0.39, 0.29) is 12.4 Å². The second kappa shape index (κ2) is 7.35. The van der Waals surface area contributed by atoms with E-state index in [1.807, 2.05) is 5.48 Å². The van der Waals surface area contributed by atoms with Crippen molar-refractivity contribution < 1.29 is 22.8 Å². The summed E-state index contributed by atoms with van der Waals surface area (Å²) in [6.07, 6.45) is 1.30. The summed E-state index contributed by atoms with van der Waals surface area (Å²) in [4.78, 5) is 20.7. The predicted octanol–water partition coefficient (Wildman–Crippen LogP) is 2.03. The van der Waals surface area contributed by atoms with E-state index in [0.29, 0.717) is 17.1 Å². The average Bonchev–Trinajstić information content (AvgIpc) is 2.54. The van der Waals surface area contributed by atoms with E-state index in [9.17, 15) is 18.0 Å². The number of carbonyl (C=O) groups is 1. The molecular formula is C15H13BF3N3O2. The van der Waals surface area contributed by atoms with E-state index in [1.54, 1.807) is 19.9 Å². The Kier molecular flexibility index (Phi) is 5.45. The normalized spacial score (nSPS) is 10.5. The van der Waals surface area contributed by atoms with E-state index < -0.39 is 34.6 Å². The van der Waals surface area contributed by atoms with Crippen molar-refractivity contribution in [2.24, 2.45) is 0 Å². The number of benzene rings is 1. The molecule has 1 aromatic heterocycles. The maximum atomic E-state index is 14.2. The maximum Gasteiger partial charge on any atom is 0.277 e. The topological polar surface area (TPSA) is 63.2 Å². The molecule has 0 saturated carbocycles. The van der Waals surface area contributed by atoms with Crippen LogP contribution in [0.15, 0.2) is 18.3 Å². The summed E-state index contributed by atoms with van der Waals surface area (Å²) in [6, 6.07) is 2.12. The Bertz CT molecular complexity index is 787. The standard InChI is InChI=1S/C15H13BF3N3O2/c1-3-24-22-15(23)9-5-10(17)11(18)12(19)13(9)21-14-7(2)4-8(16)6-20-14/h4-6H,3H2,1-2H3,(H,20,21)(H,22,23). The highest BCUT2D eigenvalue weighted by atomic mass is 19.2. The van der Waals surface area contributed by atoms with Gasteiger partial charge < -0.3 is 5.32 Å². The molecule has 0 saturated heterocycles. The summed E-state index contributed by atoms with van der Waals surface area (Å²) >= 11 is 0. The second-order valence-electron chi connectivity index (χ2n) is 4.83. The lowest BCUT2D eigenvalue weighted by atomic mass is 9.97. The molecule has 2 aromatic rings. The number of carbonyl (C=O) groups excluding carboxylic acids is 1. The third-order valence-corrected chi connectivity index (χ3v) is 3.06. The quantitative estimate of drug-likeness (QED) is 0.499. The lowest BCUT2D eigenvalue weighted by molar-refractivity contribution is 0.0364. The third kappa shape index (κ3) is 3.68. The van der Waals surface area contributed by atoms with Crippen LogP contribution in [0.2, 0.25) is 0 Å². The molecule has 0 unspecified atom stereocenters. The molecule has 9 heteroatoms. The van der Waals surface area contributed by atoms with Gasteiger partial charge in [0.05, 0.1) is 17.9 Å². The van der Waals surface area contributed by atoms with Gasteiger partial charge in [0.15, 0.2) is 17.5 Å². The second-order valence-corrected chi connectivity index (χ2v) is 4.83. The lowest BCUT2D eigenvalue weighted by Gasteiger charge is -2.15. The number of nitrogens with one attached hydrogen (secondary N) is 2. The van der Waals surface area contributed by atoms with Gasteiger partial charge in [-0.15, -0.1) is 0 Å². The number of amides is 1. The molecule has 2 rings (SSSR count). The van der Waals surface area contributed by atoms with Crippen LogP contribution in [0.3, 0.4) is 0 Å². The highest BCUT2D eigenvalue weighted by molar-refractivity contribution is 6.32. The van der Waals surface area contributed by atoms with Crippen molar-refractivity contribution in [1.29, 1.82) is 0 Å². The van der Waals surface area contributed by atoms with Gasteiger partial charge in [-0.25, -0.2) is 23.6 Å². The molecule has 124 valence electrons. The summed E-state index contributed by atoms with van der Waals surface area (Å²) in [6.45, 7) is 3.37. The number of aromatic nitrogens is 1. The van der Waals surface area contributed by atoms with E-state index in [4.69, 9.17) is 12.7 Å². The van der Waals surface area contributed by atoms with Crippen LogP contribution in [-0.4, -0.2) is 25.3 Å². The highest BCUT2D eigenvalue weighted by Gasteiger charge is 2.23. The smallest absolute Gasteiger partial charge is 0.277 e. The first-order chi connectivity index (χ1) is 11.3. The average molecular weight is 335 g/mol. The molecule has 0 aliphatic carbocycles. The molecule has 0 fully saturated rings. The largest absolute Gasteiger partial charge is 0.337 e. The Labute approximate surface area is 137 Å². The SMILES string of the molecule is [B]c1cnc(Nc2c(C(=O)NOCC)cc(F)c(F)c2F)c(C)c1. The minimum absolute atomic E-state index is 0.138. The molecule has 2 radical (unpaired) electrons. The first-order valence-electron chi connectivity index (χ1n) is 6.93. The van der Waals surface area contributed by atoms with Crippen molar-refractivity contribution in [2.75, 3.05) is 11.9 Å². The number of anilines is 2. The van der Waals surface area contributed by atoms with Crippen LogP contribution in [0.25, 0.3) is 0 Å². The van der Waals surface area contributed by atoms with Gasteiger partial charge in [0.25, 0.3) is 5.91 Å². The van der Waals surface area contributed by atoms with Crippen LogP contribution in [-0.2, 0) is 4.84 Å². The molecule has 1 aromatic carbocycles. The van der Waals surface area contributed by atoms with Crippen molar-refractivity contribution in [1.82, 2.24) is 10.5 Å². The van der Waals surface area contributed by atoms with Gasteiger partial charge in [-0.1, -0.05) is 11.5 Å². The summed E-state index contributed by atoms with van der Waals surface area (Å²) in [5, 5.41) is 2.50. The van der Waals surface area contributed by atoms with Crippen molar-refractivity contribution in [3.8, 4) is 0 Å². The maximum absolute atomic E-state index is 14.2. The number of hydrogen-bond acceptors (Lipinski definition) is 4. The summed E-state index contributed by atoms with van der Waals surface area (Å²) < 4.78 is 41.2. The van der Waals surface area contributed by atoms with E-state index in [0.717, 1.165) is 0 Å². The fraction of sp³-hybridized carbons (Fsp3) is 0.200. The fourth-order valence-electron chi connectivity index (χ4n) is 1.93. The van der Waals surface area contributed by atoms with Crippen LogP contribution in [0, 0.1) is 24.4 Å². The monoisotopic (exact) mass is 335 g/mol. The Hall–Kier alpha value is -2.55. The zero-order valence-electron chi connectivity index (χ0n) is 12.9. The van der Waals surface area contributed by atoms with Crippen molar-refractivity contribution in [3.63, 3.8) is 0 Å². The Morgan fingerprint density at radius 3 is 2.62 bits per heavy atom. The number of aryl methyl sites for hydroxylation is 1. The van der Waals surface area contributed by atoms with Crippen molar-refractivity contribution in [2.45, 2.75) is 13.8 Å².